The van der Waals surface area contributed by atoms with E-state index in [0.29, 0.717) is 5.82 Å². The van der Waals surface area contributed by atoms with Crippen molar-refractivity contribution >= 4 is 17.3 Å². The maximum absolute atomic E-state index is 10.6. The molecule has 0 radical (unpaired) electrons. The average molecular weight is 248 g/mol. The molecule has 0 bridgehead atoms. The first kappa shape index (κ1) is 11.7. The molecular weight excluding hydrogens is 236 g/mol. The predicted molar refractivity (Wildman–Crippen MR) is 66.0 cm³/mol. The van der Waals surface area contributed by atoms with Crippen LogP contribution in [-0.2, 0) is 4.79 Å². The van der Waals surface area contributed by atoms with E-state index in [-0.39, 0.29) is 12.3 Å². The van der Waals surface area contributed by atoms with E-state index in [2.05, 4.69) is 9.97 Å². The van der Waals surface area contributed by atoms with Gasteiger partial charge in [-0.1, -0.05) is 13.0 Å². The minimum atomic E-state index is -0.831. The lowest BCUT2D eigenvalue weighted by Crippen LogP contribution is -2.06. The SMILES string of the molecule is CC(CC(=O)O)c1nccc(-c2cccs2)n1. The lowest BCUT2D eigenvalue weighted by Gasteiger charge is -2.07. The monoisotopic (exact) mass is 248 g/mol. The number of carboxylic acids is 1. The number of hydrogen-bond donors (Lipinski definition) is 1. The Kier molecular flexibility index (Phi) is 3.49. The largest absolute Gasteiger partial charge is 0.481 e. The molecule has 0 fully saturated rings. The van der Waals surface area contributed by atoms with Crippen LogP contribution in [0.2, 0.25) is 0 Å². The van der Waals surface area contributed by atoms with Crippen LogP contribution in [0.3, 0.4) is 0 Å². The van der Waals surface area contributed by atoms with Gasteiger partial charge in [0.1, 0.15) is 5.82 Å². The Morgan fingerprint density at radius 2 is 2.35 bits per heavy atom. The maximum atomic E-state index is 10.6. The number of hydrogen-bond acceptors (Lipinski definition) is 4. The Labute approximate surface area is 103 Å². The summed E-state index contributed by atoms with van der Waals surface area (Å²) in [5, 5.41) is 10.7. The molecule has 17 heavy (non-hydrogen) atoms. The molecule has 1 unspecified atom stereocenters. The Morgan fingerprint density at radius 3 is 3.00 bits per heavy atom. The fourth-order valence-corrected chi connectivity index (χ4v) is 2.22. The maximum Gasteiger partial charge on any atom is 0.304 e. The zero-order valence-electron chi connectivity index (χ0n) is 9.33. The minimum absolute atomic E-state index is 0.0495. The van der Waals surface area contributed by atoms with E-state index in [4.69, 9.17) is 5.11 Å². The van der Waals surface area contributed by atoms with Crippen LogP contribution >= 0.6 is 11.3 Å². The predicted octanol–water partition coefficient (Wildman–Crippen LogP) is 2.78. The second-order valence-electron chi connectivity index (χ2n) is 3.78. The molecule has 5 heteroatoms. The van der Waals surface area contributed by atoms with Gasteiger partial charge in [0, 0.05) is 12.1 Å². The molecule has 1 N–H and O–H groups in total. The van der Waals surface area contributed by atoms with E-state index < -0.39 is 5.97 Å². The van der Waals surface area contributed by atoms with Gasteiger partial charge in [0.25, 0.3) is 0 Å². The molecule has 0 aliphatic heterocycles. The van der Waals surface area contributed by atoms with Crippen molar-refractivity contribution in [2.24, 2.45) is 0 Å². The Bertz CT molecular complexity index is 511. The van der Waals surface area contributed by atoms with Crippen LogP contribution in [0.4, 0.5) is 0 Å². The van der Waals surface area contributed by atoms with Gasteiger partial charge in [0.05, 0.1) is 17.0 Å². The molecule has 4 nitrogen and oxygen atoms in total. The quantitative estimate of drug-likeness (QED) is 0.903. The molecule has 0 aliphatic carbocycles. The van der Waals surface area contributed by atoms with Gasteiger partial charge >= 0.3 is 5.97 Å². The Hall–Kier alpha value is -1.75. The molecule has 2 rings (SSSR count). The third-order valence-corrected chi connectivity index (χ3v) is 3.26. The third-order valence-electron chi connectivity index (χ3n) is 2.37. The smallest absolute Gasteiger partial charge is 0.304 e. The fraction of sp³-hybridized carbons (Fsp3) is 0.250. The number of rotatable bonds is 4. The first-order valence-electron chi connectivity index (χ1n) is 5.25. The minimum Gasteiger partial charge on any atom is -0.481 e. The summed E-state index contributed by atoms with van der Waals surface area (Å²) < 4.78 is 0. The second-order valence-corrected chi connectivity index (χ2v) is 4.72. The molecular formula is C12H12N2O2S. The van der Waals surface area contributed by atoms with Gasteiger partial charge in [-0.15, -0.1) is 11.3 Å². The highest BCUT2D eigenvalue weighted by Crippen LogP contribution is 2.24. The van der Waals surface area contributed by atoms with Crippen molar-refractivity contribution in [3.05, 3.63) is 35.6 Å². The topological polar surface area (TPSA) is 63.1 Å². The Morgan fingerprint density at radius 1 is 1.53 bits per heavy atom. The average Bonchev–Trinajstić information content (AvgIpc) is 2.82. The number of aliphatic carboxylic acids is 1. The van der Waals surface area contributed by atoms with Crippen LogP contribution in [0.1, 0.15) is 25.1 Å². The third kappa shape index (κ3) is 2.88. The van der Waals surface area contributed by atoms with Gasteiger partial charge in [-0.2, -0.15) is 0 Å². The molecule has 2 aromatic heterocycles. The van der Waals surface area contributed by atoms with Gasteiger partial charge in [0.15, 0.2) is 0 Å². The fourth-order valence-electron chi connectivity index (χ4n) is 1.53. The molecule has 0 amide bonds. The molecule has 0 spiro atoms. The van der Waals surface area contributed by atoms with Gasteiger partial charge < -0.3 is 5.11 Å². The summed E-state index contributed by atoms with van der Waals surface area (Å²) in [6.45, 7) is 1.82. The van der Waals surface area contributed by atoms with Crippen molar-refractivity contribution in [1.29, 1.82) is 0 Å². The van der Waals surface area contributed by atoms with Crippen LogP contribution < -0.4 is 0 Å². The van der Waals surface area contributed by atoms with Gasteiger partial charge in [0.2, 0.25) is 0 Å². The van der Waals surface area contributed by atoms with Crippen LogP contribution in [0, 0.1) is 0 Å². The summed E-state index contributed by atoms with van der Waals surface area (Å²) in [5.41, 5.74) is 0.849. The first-order chi connectivity index (χ1) is 8.16. The summed E-state index contributed by atoms with van der Waals surface area (Å²) in [6.07, 6.45) is 1.73. The van der Waals surface area contributed by atoms with Gasteiger partial charge in [-0.25, -0.2) is 9.97 Å². The van der Waals surface area contributed by atoms with E-state index >= 15 is 0 Å². The highest BCUT2D eigenvalue weighted by Gasteiger charge is 2.13. The van der Waals surface area contributed by atoms with Crippen LogP contribution in [0.5, 0.6) is 0 Å². The molecule has 88 valence electrons. The molecule has 0 saturated carbocycles. The lowest BCUT2D eigenvalue weighted by atomic mass is 10.1. The molecule has 2 aromatic rings. The summed E-state index contributed by atoms with van der Waals surface area (Å²) in [5.74, 6) is -0.423. The number of thiophene rings is 1. The number of carboxylic acid groups (broad SMARTS) is 1. The summed E-state index contributed by atoms with van der Waals surface area (Å²) in [6, 6.07) is 5.78. The second kappa shape index (κ2) is 5.05. The molecule has 0 aromatic carbocycles. The van der Waals surface area contributed by atoms with Crippen LogP contribution in [0.25, 0.3) is 10.6 Å². The normalized spacial score (nSPS) is 12.3. The van der Waals surface area contributed by atoms with E-state index in [1.165, 1.54) is 0 Å². The summed E-state index contributed by atoms with van der Waals surface area (Å²) in [7, 11) is 0. The van der Waals surface area contributed by atoms with Gasteiger partial charge in [-0.3, -0.25) is 4.79 Å². The van der Waals surface area contributed by atoms with Crippen molar-refractivity contribution in [2.75, 3.05) is 0 Å². The van der Waals surface area contributed by atoms with Crippen molar-refractivity contribution < 1.29 is 9.90 Å². The lowest BCUT2D eigenvalue weighted by molar-refractivity contribution is -0.137. The zero-order valence-corrected chi connectivity index (χ0v) is 10.1. The number of nitrogens with zero attached hydrogens (tertiary/aromatic N) is 2. The van der Waals surface area contributed by atoms with Crippen LogP contribution in [0.15, 0.2) is 29.8 Å². The van der Waals surface area contributed by atoms with E-state index in [9.17, 15) is 4.79 Å². The highest BCUT2D eigenvalue weighted by molar-refractivity contribution is 7.13. The summed E-state index contributed by atoms with van der Waals surface area (Å²) in [4.78, 5) is 20.2. The van der Waals surface area contributed by atoms with E-state index in [1.54, 1.807) is 17.5 Å². The molecule has 0 saturated heterocycles. The molecule has 1 atom stereocenters. The zero-order chi connectivity index (χ0) is 12.3. The standard InChI is InChI=1S/C12H12N2O2S/c1-8(7-11(15)16)12-13-5-4-9(14-12)10-3-2-6-17-10/h2-6,8H,7H2,1H3,(H,15,16). The first-order valence-corrected chi connectivity index (χ1v) is 6.13. The van der Waals surface area contributed by atoms with Crippen LogP contribution in [-0.4, -0.2) is 21.0 Å². The van der Waals surface area contributed by atoms with Crippen molar-refractivity contribution in [1.82, 2.24) is 9.97 Å². The molecule has 0 aliphatic rings. The highest BCUT2D eigenvalue weighted by atomic mass is 32.1. The number of aromatic nitrogens is 2. The van der Waals surface area contributed by atoms with Crippen molar-refractivity contribution in [3.8, 4) is 10.6 Å². The van der Waals surface area contributed by atoms with E-state index in [0.717, 1.165) is 10.6 Å². The van der Waals surface area contributed by atoms with Crippen molar-refractivity contribution in [3.63, 3.8) is 0 Å². The molecule has 2 heterocycles. The number of carbonyl (C=O) groups is 1. The summed E-state index contributed by atoms with van der Waals surface area (Å²) >= 11 is 1.60. The van der Waals surface area contributed by atoms with Gasteiger partial charge in [-0.05, 0) is 17.5 Å². The van der Waals surface area contributed by atoms with Crippen molar-refractivity contribution in [2.45, 2.75) is 19.3 Å². The van der Waals surface area contributed by atoms with E-state index in [1.807, 2.05) is 30.5 Å². The Balaban J connectivity index is 2.25.